The summed E-state index contributed by atoms with van der Waals surface area (Å²) in [6, 6.07) is 5.23. The summed E-state index contributed by atoms with van der Waals surface area (Å²) in [5.41, 5.74) is 1.11. The Morgan fingerprint density at radius 2 is 1.70 bits per heavy atom. The van der Waals surface area contributed by atoms with Crippen LogP contribution in [0.2, 0.25) is 0 Å². The summed E-state index contributed by atoms with van der Waals surface area (Å²) in [6.07, 6.45) is 5.50. The number of carbonyl (C=O) groups is 2. The van der Waals surface area contributed by atoms with E-state index in [2.05, 4.69) is 20.8 Å². The van der Waals surface area contributed by atoms with Gasteiger partial charge >= 0.3 is 12.1 Å². The van der Waals surface area contributed by atoms with Crippen LogP contribution in [0.1, 0.15) is 89.2 Å². The van der Waals surface area contributed by atoms with Crippen molar-refractivity contribution in [3.05, 3.63) is 45.7 Å². The first-order valence-electron chi connectivity index (χ1n) is 13.9. The first-order valence-corrected chi connectivity index (χ1v) is 13.9. The number of carbonyl (C=O) groups excluding carboxylic acids is 1. The van der Waals surface area contributed by atoms with E-state index < -0.39 is 17.0 Å². The number of aromatic carboxylic acids is 1. The molecule has 40 heavy (non-hydrogen) atoms. The van der Waals surface area contributed by atoms with Gasteiger partial charge in [-0.25, -0.2) is 9.59 Å². The van der Waals surface area contributed by atoms with Gasteiger partial charge in [-0.3, -0.25) is 4.79 Å². The van der Waals surface area contributed by atoms with Crippen LogP contribution in [0.4, 0.5) is 4.79 Å². The van der Waals surface area contributed by atoms with Gasteiger partial charge in [-0.05, 0) is 63.1 Å². The summed E-state index contributed by atoms with van der Waals surface area (Å²) >= 11 is 0. The van der Waals surface area contributed by atoms with Crippen LogP contribution in [0.5, 0.6) is 11.5 Å². The van der Waals surface area contributed by atoms with Crippen molar-refractivity contribution in [3.8, 4) is 22.8 Å². The zero-order valence-electron chi connectivity index (χ0n) is 25.1. The minimum Gasteiger partial charge on any atom is -0.493 e. The van der Waals surface area contributed by atoms with Crippen LogP contribution in [-0.4, -0.2) is 59.5 Å². The molecule has 220 valence electrons. The number of unbranched alkanes of at least 4 members (excludes halogenated alkanes) is 3. The Morgan fingerprint density at radius 3 is 2.30 bits per heavy atom. The van der Waals surface area contributed by atoms with Crippen molar-refractivity contribution in [1.82, 2.24) is 9.47 Å². The number of benzene rings is 1. The lowest BCUT2D eigenvalue weighted by Gasteiger charge is -2.39. The van der Waals surface area contributed by atoms with E-state index in [1.807, 2.05) is 37.5 Å². The number of methoxy groups -OCH3 is 1. The largest absolute Gasteiger partial charge is 0.493 e. The molecule has 9 heteroatoms. The third-order valence-electron chi connectivity index (χ3n) is 7.07. The van der Waals surface area contributed by atoms with E-state index in [1.54, 1.807) is 19.1 Å². The lowest BCUT2D eigenvalue weighted by atomic mass is 9.78. The summed E-state index contributed by atoms with van der Waals surface area (Å²) in [4.78, 5) is 38.0. The molecule has 0 bridgehead atoms. The molecule has 1 aromatic carbocycles. The third kappa shape index (κ3) is 7.58. The predicted octanol–water partition coefficient (Wildman–Crippen LogP) is 6.17. The van der Waals surface area contributed by atoms with Crippen molar-refractivity contribution in [2.75, 3.05) is 27.3 Å². The van der Waals surface area contributed by atoms with Gasteiger partial charge in [0, 0.05) is 37.5 Å². The Bertz CT molecular complexity index is 1280. The molecule has 0 saturated heterocycles. The summed E-state index contributed by atoms with van der Waals surface area (Å²) in [7, 11) is 3.33. The van der Waals surface area contributed by atoms with E-state index in [-0.39, 0.29) is 23.1 Å². The highest BCUT2D eigenvalue weighted by Gasteiger charge is 2.34. The fraction of sp³-hybridized carbons (Fsp3) is 0.581. The van der Waals surface area contributed by atoms with Gasteiger partial charge in [0.15, 0.2) is 16.9 Å². The Balaban J connectivity index is 1.67. The van der Waals surface area contributed by atoms with Crippen molar-refractivity contribution in [2.24, 2.45) is 5.41 Å². The Morgan fingerprint density at radius 1 is 1.02 bits per heavy atom. The molecule has 0 saturated carbocycles. The number of hydrogen-bond acceptors (Lipinski definition) is 6. The maximum Gasteiger partial charge on any atom is 0.410 e. The van der Waals surface area contributed by atoms with E-state index in [0.29, 0.717) is 36.8 Å². The third-order valence-corrected chi connectivity index (χ3v) is 7.07. The Hall–Kier alpha value is -3.49. The number of pyridine rings is 1. The van der Waals surface area contributed by atoms with Crippen LogP contribution < -0.4 is 14.9 Å². The molecule has 1 aliphatic heterocycles. The molecule has 1 aromatic heterocycles. The van der Waals surface area contributed by atoms with Crippen LogP contribution in [0.15, 0.2) is 29.2 Å². The summed E-state index contributed by atoms with van der Waals surface area (Å²) in [5, 5.41) is 9.53. The van der Waals surface area contributed by atoms with Gasteiger partial charge in [-0.2, -0.15) is 0 Å². The highest BCUT2D eigenvalue weighted by atomic mass is 16.6. The molecular weight excluding hydrogens is 512 g/mol. The summed E-state index contributed by atoms with van der Waals surface area (Å²) in [5.74, 6) is -0.0140. The van der Waals surface area contributed by atoms with Crippen molar-refractivity contribution in [1.29, 1.82) is 0 Å². The maximum absolute atomic E-state index is 12.6. The number of hydrogen-bond donors (Lipinski definition) is 1. The smallest absolute Gasteiger partial charge is 0.410 e. The highest BCUT2D eigenvalue weighted by molar-refractivity contribution is 5.88. The summed E-state index contributed by atoms with van der Waals surface area (Å²) < 4.78 is 19.1. The highest BCUT2D eigenvalue weighted by Crippen LogP contribution is 2.45. The van der Waals surface area contributed by atoms with Gasteiger partial charge in [-0.1, -0.05) is 33.6 Å². The molecule has 0 spiro atoms. The van der Waals surface area contributed by atoms with Gasteiger partial charge in [0.2, 0.25) is 0 Å². The molecule has 0 radical (unpaired) electrons. The van der Waals surface area contributed by atoms with Gasteiger partial charge in [-0.15, -0.1) is 0 Å². The second-order valence-corrected chi connectivity index (χ2v) is 12.6. The average Bonchev–Trinajstić information content (AvgIpc) is 2.84. The second kappa shape index (κ2) is 12.4. The molecule has 0 aliphatic carbocycles. The van der Waals surface area contributed by atoms with Gasteiger partial charge in [0.05, 0.1) is 19.4 Å². The lowest BCUT2D eigenvalue weighted by Crippen LogP contribution is -2.34. The number of nitrogens with zero attached hydrogens (tertiary/aromatic N) is 2. The molecule has 1 atom stereocenters. The molecular formula is C31H44N2O7. The molecule has 2 aromatic rings. The molecule has 0 fully saturated rings. The van der Waals surface area contributed by atoms with Gasteiger partial charge < -0.3 is 28.8 Å². The van der Waals surface area contributed by atoms with E-state index in [4.69, 9.17) is 14.2 Å². The molecule has 1 unspecified atom stereocenters. The first kappa shape index (κ1) is 31.0. The van der Waals surface area contributed by atoms with Crippen LogP contribution in [0, 0.1) is 5.41 Å². The molecule has 2 heterocycles. The Labute approximate surface area is 237 Å². The van der Waals surface area contributed by atoms with Crippen LogP contribution in [0.25, 0.3) is 11.3 Å². The standard InChI is InChI=1S/C31H44N2O7/c1-30(2,3)27-16-20-15-26(39-14-12-10-9-11-13-32(7)29(37)40-31(4,5)6)25(38-8)17-21(20)23-18-24(34)22(28(35)36)19-33(23)27/h15,17-19,27H,9-14,16H2,1-8H3,(H,35,36). The van der Waals surface area contributed by atoms with Gasteiger partial charge in [0.1, 0.15) is 11.2 Å². The summed E-state index contributed by atoms with van der Waals surface area (Å²) in [6.45, 7) is 13.1. The van der Waals surface area contributed by atoms with Crippen molar-refractivity contribution < 1.29 is 28.9 Å². The second-order valence-electron chi connectivity index (χ2n) is 12.6. The van der Waals surface area contributed by atoms with Crippen LogP contribution >= 0.6 is 0 Å². The molecule has 1 aliphatic rings. The SMILES string of the molecule is COc1cc2c(cc1OCCCCCCN(C)C(=O)OC(C)(C)C)CC(C(C)(C)C)n1cc(C(=O)O)c(=O)cc1-2. The maximum atomic E-state index is 12.6. The van der Waals surface area contributed by atoms with Gasteiger partial charge in [0.25, 0.3) is 0 Å². The van der Waals surface area contributed by atoms with E-state index in [1.165, 1.54) is 12.3 Å². The predicted molar refractivity (Wildman–Crippen MR) is 155 cm³/mol. The number of rotatable bonds is 10. The zero-order chi connectivity index (χ0) is 29.8. The molecule has 1 N–H and O–H groups in total. The molecule has 3 rings (SSSR count). The number of carboxylic acids is 1. The minimum atomic E-state index is -1.23. The minimum absolute atomic E-state index is 0.0474. The number of fused-ring (bicyclic) bond motifs is 3. The quantitative estimate of drug-likeness (QED) is 0.349. The number of aromatic nitrogens is 1. The van der Waals surface area contributed by atoms with Crippen LogP contribution in [-0.2, 0) is 11.2 Å². The van der Waals surface area contributed by atoms with Crippen LogP contribution in [0.3, 0.4) is 0 Å². The lowest BCUT2D eigenvalue weighted by molar-refractivity contribution is 0.0295. The number of ether oxygens (including phenoxy) is 3. The first-order chi connectivity index (χ1) is 18.6. The van der Waals surface area contributed by atoms with E-state index >= 15 is 0 Å². The van der Waals surface area contributed by atoms with Crippen molar-refractivity contribution >= 4 is 12.1 Å². The van der Waals surface area contributed by atoms with E-state index in [9.17, 15) is 19.5 Å². The topological polar surface area (TPSA) is 107 Å². The van der Waals surface area contributed by atoms with Crippen molar-refractivity contribution in [3.63, 3.8) is 0 Å². The Kier molecular flexibility index (Phi) is 9.59. The molecule has 9 nitrogen and oxygen atoms in total. The normalized spacial score (nSPS) is 14.7. The monoisotopic (exact) mass is 556 g/mol. The number of carboxylic acid groups (broad SMARTS) is 1. The average molecular weight is 557 g/mol. The van der Waals surface area contributed by atoms with E-state index in [0.717, 1.165) is 36.8 Å². The zero-order valence-corrected chi connectivity index (χ0v) is 25.1. The molecule has 1 amide bonds. The number of amides is 1. The fourth-order valence-electron chi connectivity index (χ4n) is 4.91. The fourth-order valence-corrected chi connectivity index (χ4v) is 4.91. The van der Waals surface area contributed by atoms with Crippen molar-refractivity contribution in [2.45, 2.75) is 85.3 Å².